The zero-order valence-corrected chi connectivity index (χ0v) is 20.6. The van der Waals surface area contributed by atoms with E-state index in [9.17, 15) is 9.59 Å². The third-order valence-corrected chi connectivity index (χ3v) is 5.63. The van der Waals surface area contributed by atoms with E-state index in [0.29, 0.717) is 60.5 Å². The number of anilines is 1. The molecule has 1 amide bonds. The van der Waals surface area contributed by atoms with Gasteiger partial charge in [0, 0.05) is 38.4 Å². The molecule has 34 heavy (non-hydrogen) atoms. The van der Waals surface area contributed by atoms with E-state index in [-0.39, 0.29) is 11.9 Å². The van der Waals surface area contributed by atoms with Gasteiger partial charge in [-0.15, -0.1) is 0 Å². The Labute approximate surface area is 202 Å². The standard InChI is InChI=1S/C23H29ClN6O4/c1-5-33-16-9-10-25-19-18(16)30(21(31)27-19)20-15(24)7-8-17(26-20)28-11-6-12-29(14-13-28)22(32)34-23(2,3)4/h7-10H,5-6,11-14H2,1-4H3,(H,25,27,31). The van der Waals surface area contributed by atoms with E-state index in [1.54, 1.807) is 23.2 Å². The lowest BCUT2D eigenvalue weighted by Gasteiger charge is -2.26. The molecule has 1 saturated heterocycles. The van der Waals surface area contributed by atoms with Crippen LogP contribution in [0.2, 0.25) is 5.02 Å². The molecule has 0 spiro atoms. The minimum atomic E-state index is -0.544. The Morgan fingerprint density at radius 3 is 2.71 bits per heavy atom. The third-order valence-electron chi connectivity index (χ3n) is 5.34. The summed E-state index contributed by atoms with van der Waals surface area (Å²) in [5, 5.41) is 0.322. The van der Waals surface area contributed by atoms with Crippen molar-refractivity contribution in [2.75, 3.05) is 37.7 Å². The molecule has 10 nitrogen and oxygen atoms in total. The van der Waals surface area contributed by atoms with Crippen LogP contribution in [0, 0.1) is 0 Å². The van der Waals surface area contributed by atoms with Gasteiger partial charge < -0.3 is 19.3 Å². The average molecular weight is 489 g/mol. The first-order valence-corrected chi connectivity index (χ1v) is 11.7. The van der Waals surface area contributed by atoms with Crippen molar-refractivity contribution < 1.29 is 14.3 Å². The van der Waals surface area contributed by atoms with Crippen LogP contribution in [-0.2, 0) is 4.74 Å². The van der Waals surface area contributed by atoms with E-state index in [1.165, 1.54) is 4.57 Å². The Balaban J connectivity index is 1.65. The van der Waals surface area contributed by atoms with Crippen molar-refractivity contribution in [3.63, 3.8) is 0 Å². The number of ether oxygens (including phenoxy) is 2. The summed E-state index contributed by atoms with van der Waals surface area (Å²) in [5.74, 6) is 1.46. The summed E-state index contributed by atoms with van der Waals surface area (Å²) in [6, 6.07) is 5.24. The van der Waals surface area contributed by atoms with Crippen molar-refractivity contribution in [3.05, 3.63) is 39.9 Å². The summed E-state index contributed by atoms with van der Waals surface area (Å²) < 4.78 is 12.6. The summed E-state index contributed by atoms with van der Waals surface area (Å²) in [4.78, 5) is 40.9. The smallest absolute Gasteiger partial charge is 0.410 e. The topological polar surface area (TPSA) is 106 Å². The first-order chi connectivity index (χ1) is 16.2. The molecule has 182 valence electrons. The molecule has 1 fully saturated rings. The predicted molar refractivity (Wildman–Crippen MR) is 130 cm³/mol. The Morgan fingerprint density at radius 2 is 1.97 bits per heavy atom. The number of rotatable bonds is 4. The maximum Gasteiger partial charge on any atom is 0.410 e. The fourth-order valence-corrected chi connectivity index (χ4v) is 4.08. The van der Waals surface area contributed by atoms with E-state index >= 15 is 0 Å². The van der Waals surface area contributed by atoms with E-state index < -0.39 is 11.3 Å². The van der Waals surface area contributed by atoms with Gasteiger partial charge in [0.15, 0.2) is 11.5 Å². The maximum absolute atomic E-state index is 12.9. The van der Waals surface area contributed by atoms with Crippen LogP contribution in [0.25, 0.3) is 17.0 Å². The lowest BCUT2D eigenvalue weighted by molar-refractivity contribution is 0.0263. The van der Waals surface area contributed by atoms with Gasteiger partial charge in [-0.25, -0.2) is 24.1 Å². The number of aromatic amines is 1. The molecule has 1 aliphatic rings. The van der Waals surface area contributed by atoms with E-state index in [1.807, 2.05) is 33.8 Å². The molecule has 0 bridgehead atoms. The maximum atomic E-state index is 12.9. The normalized spacial score (nSPS) is 14.9. The number of carbonyl (C=O) groups excluding carboxylic acids is 1. The molecule has 1 N–H and O–H groups in total. The Hall–Kier alpha value is -3.27. The first-order valence-electron chi connectivity index (χ1n) is 11.3. The molecular weight excluding hydrogens is 460 g/mol. The molecule has 0 atom stereocenters. The third kappa shape index (κ3) is 4.96. The first kappa shape index (κ1) is 23.9. The number of pyridine rings is 2. The predicted octanol–water partition coefficient (Wildman–Crippen LogP) is 3.61. The van der Waals surface area contributed by atoms with Gasteiger partial charge in [-0.05, 0) is 46.2 Å². The highest BCUT2D eigenvalue weighted by Gasteiger charge is 2.26. The van der Waals surface area contributed by atoms with Crippen LogP contribution in [0.1, 0.15) is 34.1 Å². The minimum Gasteiger partial charge on any atom is -0.491 e. The van der Waals surface area contributed by atoms with Crippen molar-refractivity contribution in [2.24, 2.45) is 0 Å². The second-order valence-electron chi connectivity index (χ2n) is 8.99. The Morgan fingerprint density at radius 1 is 1.18 bits per heavy atom. The second-order valence-corrected chi connectivity index (χ2v) is 9.39. The lowest BCUT2D eigenvalue weighted by Crippen LogP contribution is -2.39. The van der Waals surface area contributed by atoms with E-state index in [4.69, 9.17) is 26.1 Å². The minimum absolute atomic E-state index is 0.289. The number of H-pyrrole nitrogens is 1. The number of nitrogens with zero attached hydrogens (tertiary/aromatic N) is 5. The highest BCUT2D eigenvalue weighted by molar-refractivity contribution is 6.32. The van der Waals surface area contributed by atoms with Crippen LogP contribution >= 0.6 is 11.6 Å². The summed E-state index contributed by atoms with van der Waals surface area (Å²) >= 11 is 6.50. The second kappa shape index (κ2) is 9.54. The number of aromatic nitrogens is 4. The summed E-state index contributed by atoms with van der Waals surface area (Å²) in [6.07, 6.45) is 2.01. The molecule has 0 aromatic carbocycles. The fourth-order valence-electron chi connectivity index (χ4n) is 3.89. The van der Waals surface area contributed by atoms with Gasteiger partial charge in [-0.3, -0.25) is 4.98 Å². The molecular formula is C23H29ClN6O4. The molecule has 0 aliphatic carbocycles. The number of hydrogen-bond donors (Lipinski definition) is 1. The number of fused-ring (bicyclic) bond motifs is 1. The van der Waals surface area contributed by atoms with Gasteiger partial charge in [0.05, 0.1) is 11.6 Å². The molecule has 11 heteroatoms. The van der Waals surface area contributed by atoms with Crippen LogP contribution in [0.15, 0.2) is 29.2 Å². The Bertz CT molecular complexity index is 1250. The largest absolute Gasteiger partial charge is 0.491 e. The molecule has 3 aromatic heterocycles. The molecule has 4 rings (SSSR count). The van der Waals surface area contributed by atoms with Crippen molar-refractivity contribution in [1.82, 2.24) is 24.4 Å². The number of halogens is 1. The molecule has 4 heterocycles. The van der Waals surface area contributed by atoms with E-state index in [2.05, 4.69) is 14.9 Å². The van der Waals surface area contributed by atoms with Crippen molar-refractivity contribution >= 4 is 34.7 Å². The van der Waals surface area contributed by atoms with Crippen molar-refractivity contribution in [3.8, 4) is 11.6 Å². The molecule has 0 radical (unpaired) electrons. The average Bonchev–Trinajstić information content (AvgIpc) is 2.94. The monoisotopic (exact) mass is 488 g/mol. The highest BCUT2D eigenvalue weighted by atomic mass is 35.5. The van der Waals surface area contributed by atoms with Gasteiger partial charge in [0.1, 0.15) is 22.7 Å². The number of nitrogens with one attached hydrogen (secondary N) is 1. The highest BCUT2D eigenvalue weighted by Crippen LogP contribution is 2.29. The molecule has 1 aliphatic heterocycles. The lowest BCUT2D eigenvalue weighted by atomic mass is 10.2. The zero-order valence-electron chi connectivity index (χ0n) is 19.8. The molecule has 0 saturated carbocycles. The zero-order chi connectivity index (χ0) is 24.5. The number of carbonyl (C=O) groups is 1. The summed E-state index contributed by atoms with van der Waals surface area (Å²) in [7, 11) is 0. The van der Waals surface area contributed by atoms with Crippen molar-refractivity contribution in [1.29, 1.82) is 0 Å². The van der Waals surface area contributed by atoms with Crippen molar-refractivity contribution in [2.45, 2.75) is 39.7 Å². The van der Waals surface area contributed by atoms with Gasteiger partial charge in [-0.1, -0.05) is 11.6 Å². The van der Waals surface area contributed by atoms with E-state index in [0.717, 1.165) is 6.42 Å². The van der Waals surface area contributed by atoms with Crippen LogP contribution in [-0.4, -0.2) is 68.9 Å². The number of hydrogen-bond acceptors (Lipinski definition) is 7. The van der Waals surface area contributed by atoms with Crippen LogP contribution < -0.4 is 15.3 Å². The SMILES string of the molecule is CCOc1ccnc2[nH]c(=O)n(-c3nc(N4CCCN(C(=O)OC(C)(C)C)CC4)ccc3Cl)c12. The summed E-state index contributed by atoms with van der Waals surface area (Å²) in [5.41, 5.74) is -0.0830. The number of amides is 1. The number of imidazole rings is 1. The fraction of sp³-hybridized carbons (Fsp3) is 0.478. The van der Waals surface area contributed by atoms with Gasteiger partial charge >= 0.3 is 11.8 Å². The molecule has 0 unspecified atom stereocenters. The van der Waals surface area contributed by atoms with Crippen LogP contribution in [0.4, 0.5) is 10.6 Å². The molecule has 3 aromatic rings. The quantitative estimate of drug-likeness (QED) is 0.598. The van der Waals surface area contributed by atoms with Crippen LogP contribution in [0.3, 0.4) is 0 Å². The van der Waals surface area contributed by atoms with Crippen LogP contribution in [0.5, 0.6) is 5.75 Å². The van der Waals surface area contributed by atoms with Gasteiger partial charge in [0.2, 0.25) is 0 Å². The van der Waals surface area contributed by atoms with Gasteiger partial charge in [0.25, 0.3) is 0 Å². The Kier molecular flexibility index (Phi) is 6.70. The summed E-state index contributed by atoms with van der Waals surface area (Å²) in [6.45, 7) is 10.2. The van der Waals surface area contributed by atoms with Gasteiger partial charge in [-0.2, -0.15) is 0 Å².